The van der Waals surface area contributed by atoms with Gasteiger partial charge in [-0.15, -0.1) is 0 Å². The molecule has 1 atom stereocenters. The Balaban J connectivity index is 2.22. The number of nitro groups is 1. The number of hydrogen-bond acceptors (Lipinski definition) is 6. The Morgan fingerprint density at radius 2 is 1.84 bits per heavy atom. The molecule has 0 spiro atoms. The molecular weight excluding hydrogens is 420 g/mol. The molecule has 0 aliphatic heterocycles. The molecular formula is C21H28N4O5S. The quantitative estimate of drug-likeness (QED) is 0.442. The second-order valence-corrected chi connectivity index (χ2v) is 9.12. The molecule has 0 saturated heterocycles. The van der Waals surface area contributed by atoms with E-state index in [0.717, 1.165) is 16.2 Å². The first kappa shape index (κ1) is 24.1. The minimum atomic E-state index is -3.88. The molecule has 0 heterocycles. The van der Waals surface area contributed by atoms with Crippen LogP contribution in [0.15, 0.2) is 48.5 Å². The third-order valence-corrected chi connectivity index (χ3v) is 6.08. The van der Waals surface area contributed by atoms with Crippen molar-refractivity contribution >= 4 is 33.0 Å². The number of anilines is 2. The van der Waals surface area contributed by atoms with E-state index in [1.165, 1.54) is 18.2 Å². The second kappa shape index (κ2) is 10.3. The molecule has 10 heteroatoms. The Bertz CT molecular complexity index is 1030. The van der Waals surface area contributed by atoms with Gasteiger partial charge in [0.05, 0.1) is 16.9 Å². The van der Waals surface area contributed by atoms with Gasteiger partial charge in [0, 0.05) is 38.0 Å². The molecule has 0 radical (unpaired) electrons. The number of non-ortho nitro benzene ring substituents is 1. The SMILES string of the molecule is CC[C@@H](C(=O)NCCN(C)c1ccccc1)N(c1cc([N+](=O)[O-])ccc1C)S(C)(=O)=O. The predicted octanol–water partition coefficient (Wildman–Crippen LogP) is 2.70. The zero-order valence-electron chi connectivity index (χ0n) is 18.1. The van der Waals surface area contributed by atoms with Crippen LogP contribution in [0.5, 0.6) is 0 Å². The minimum absolute atomic E-state index is 0.125. The standard InChI is InChI=1S/C21H28N4O5S/c1-5-19(21(26)22-13-14-23(3)17-9-7-6-8-10-17)24(31(4,29)30)20-15-18(25(27)28)12-11-16(20)2/h6-12,15,19H,5,13-14H2,1-4H3,(H,22,26)/t19-/m0/s1. The Morgan fingerprint density at radius 3 is 2.39 bits per heavy atom. The molecule has 1 N–H and O–H groups in total. The molecule has 0 aliphatic carbocycles. The van der Waals surface area contributed by atoms with Crippen LogP contribution in [0, 0.1) is 17.0 Å². The van der Waals surface area contributed by atoms with Crippen molar-refractivity contribution in [1.82, 2.24) is 5.32 Å². The van der Waals surface area contributed by atoms with E-state index in [0.29, 0.717) is 18.7 Å². The summed E-state index contributed by atoms with van der Waals surface area (Å²) in [6, 6.07) is 12.6. The summed E-state index contributed by atoms with van der Waals surface area (Å²) in [5.41, 5.74) is 1.40. The highest BCUT2D eigenvalue weighted by Crippen LogP contribution is 2.30. The number of nitrogens with one attached hydrogen (secondary N) is 1. The third-order valence-electron chi connectivity index (χ3n) is 4.91. The van der Waals surface area contributed by atoms with Crippen LogP contribution in [-0.2, 0) is 14.8 Å². The van der Waals surface area contributed by atoms with Gasteiger partial charge in [0.15, 0.2) is 0 Å². The second-order valence-electron chi connectivity index (χ2n) is 7.26. The smallest absolute Gasteiger partial charge is 0.271 e. The fourth-order valence-electron chi connectivity index (χ4n) is 3.26. The minimum Gasteiger partial charge on any atom is -0.373 e. The predicted molar refractivity (Wildman–Crippen MR) is 122 cm³/mol. The van der Waals surface area contributed by atoms with E-state index < -0.39 is 26.9 Å². The molecule has 0 fully saturated rings. The van der Waals surface area contributed by atoms with Crippen molar-refractivity contribution < 1.29 is 18.1 Å². The van der Waals surface area contributed by atoms with Gasteiger partial charge in [-0.25, -0.2) is 8.42 Å². The first-order chi connectivity index (χ1) is 14.6. The van der Waals surface area contributed by atoms with Gasteiger partial charge in [-0.3, -0.25) is 19.2 Å². The van der Waals surface area contributed by atoms with Crippen molar-refractivity contribution in [2.24, 2.45) is 0 Å². The van der Waals surface area contributed by atoms with Crippen LogP contribution in [-0.4, -0.2) is 51.7 Å². The van der Waals surface area contributed by atoms with Crippen LogP contribution >= 0.6 is 0 Å². The Hall–Kier alpha value is -3.14. The van der Waals surface area contributed by atoms with E-state index in [-0.39, 0.29) is 17.8 Å². The highest BCUT2D eigenvalue weighted by atomic mass is 32.2. The molecule has 9 nitrogen and oxygen atoms in total. The number of nitro benzene ring substituents is 1. The monoisotopic (exact) mass is 448 g/mol. The lowest BCUT2D eigenvalue weighted by Crippen LogP contribution is -2.50. The highest BCUT2D eigenvalue weighted by Gasteiger charge is 2.33. The van der Waals surface area contributed by atoms with Gasteiger partial charge in [0.25, 0.3) is 5.69 Å². The average molecular weight is 449 g/mol. The summed E-state index contributed by atoms with van der Waals surface area (Å²) in [7, 11) is -1.99. The van der Waals surface area contributed by atoms with Crippen molar-refractivity contribution in [1.29, 1.82) is 0 Å². The van der Waals surface area contributed by atoms with Crippen LogP contribution in [0.2, 0.25) is 0 Å². The van der Waals surface area contributed by atoms with E-state index in [9.17, 15) is 23.3 Å². The van der Waals surface area contributed by atoms with Crippen LogP contribution < -0.4 is 14.5 Å². The van der Waals surface area contributed by atoms with E-state index in [2.05, 4.69) is 5.32 Å². The maximum absolute atomic E-state index is 12.9. The third kappa shape index (κ3) is 6.17. The molecule has 2 aromatic rings. The van der Waals surface area contributed by atoms with Gasteiger partial charge >= 0.3 is 0 Å². The summed E-state index contributed by atoms with van der Waals surface area (Å²) in [5.74, 6) is -0.458. The molecule has 2 rings (SSSR count). The number of amides is 1. The highest BCUT2D eigenvalue weighted by molar-refractivity contribution is 7.92. The summed E-state index contributed by atoms with van der Waals surface area (Å²) in [6.07, 6.45) is 1.19. The number of nitrogens with zero attached hydrogens (tertiary/aromatic N) is 3. The maximum Gasteiger partial charge on any atom is 0.271 e. The zero-order chi connectivity index (χ0) is 23.2. The van der Waals surface area contributed by atoms with Crippen molar-refractivity contribution in [3.63, 3.8) is 0 Å². The van der Waals surface area contributed by atoms with E-state index in [1.54, 1.807) is 13.8 Å². The van der Waals surface area contributed by atoms with Gasteiger partial charge in [-0.05, 0) is 31.0 Å². The molecule has 0 aliphatic rings. The summed E-state index contributed by atoms with van der Waals surface area (Å²) in [5, 5.41) is 14.0. The Morgan fingerprint density at radius 1 is 1.19 bits per heavy atom. The lowest BCUT2D eigenvalue weighted by atomic mass is 10.1. The van der Waals surface area contributed by atoms with E-state index >= 15 is 0 Å². The molecule has 0 unspecified atom stereocenters. The number of carbonyl (C=O) groups is 1. The van der Waals surface area contributed by atoms with Gasteiger partial charge in [-0.1, -0.05) is 31.2 Å². The van der Waals surface area contributed by atoms with Gasteiger partial charge < -0.3 is 10.2 Å². The molecule has 2 aromatic carbocycles. The molecule has 0 bridgehead atoms. The fraction of sp³-hybridized carbons (Fsp3) is 0.381. The van der Waals surface area contributed by atoms with Crippen molar-refractivity contribution in [2.75, 3.05) is 35.6 Å². The van der Waals surface area contributed by atoms with Gasteiger partial charge in [0.2, 0.25) is 15.9 Å². The molecule has 0 aromatic heterocycles. The van der Waals surface area contributed by atoms with Crippen LogP contribution in [0.25, 0.3) is 0 Å². The maximum atomic E-state index is 12.9. The van der Waals surface area contributed by atoms with Crippen LogP contribution in [0.1, 0.15) is 18.9 Å². The first-order valence-electron chi connectivity index (χ1n) is 9.84. The van der Waals surface area contributed by atoms with Crippen molar-refractivity contribution in [3.05, 3.63) is 64.2 Å². The van der Waals surface area contributed by atoms with Gasteiger partial charge in [-0.2, -0.15) is 0 Å². The molecule has 31 heavy (non-hydrogen) atoms. The number of para-hydroxylation sites is 1. The number of carbonyl (C=O) groups excluding carboxylic acids is 1. The lowest BCUT2D eigenvalue weighted by Gasteiger charge is -2.31. The zero-order valence-corrected chi connectivity index (χ0v) is 18.9. The van der Waals surface area contributed by atoms with Crippen LogP contribution in [0.3, 0.4) is 0 Å². The number of likely N-dealkylation sites (N-methyl/N-ethyl adjacent to an activating group) is 1. The van der Waals surface area contributed by atoms with Gasteiger partial charge in [0.1, 0.15) is 6.04 Å². The summed E-state index contributed by atoms with van der Waals surface area (Å²) >= 11 is 0. The average Bonchev–Trinajstić information content (AvgIpc) is 2.72. The van der Waals surface area contributed by atoms with E-state index in [4.69, 9.17) is 0 Å². The Labute approximate surface area is 182 Å². The van der Waals surface area contributed by atoms with E-state index in [1.807, 2.05) is 42.3 Å². The topological polar surface area (TPSA) is 113 Å². The summed E-state index contributed by atoms with van der Waals surface area (Å²) in [6.45, 7) is 4.19. The van der Waals surface area contributed by atoms with Crippen molar-refractivity contribution in [2.45, 2.75) is 26.3 Å². The largest absolute Gasteiger partial charge is 0.373 e. The number of sulfonamides is 1. The number of rotatable bonds is 10. The number of hydrogen-bond donors (Lipinski definition) is 1. The molecule has 168 valence electrons. The lowest BCUT2D eigenvalue weighted by molar-refractivity contribution is -0.384. The normalized spacial score (nSPS) is 12.1. The van der Waals surface area contributed by atoms with Crippen molar-refractivity contribution in [3.8, 4) is 0 Å². The first-order valence-corrected chi connectivity index (χ1v) is 11.7. The summed E-state index contributed by atoms with van der Waals surface area (Å²) < 4.78 is 26.2. The molecule has 1 amide bonds. The van der Waals surface area contributed by atoms with Crippen LogP contribution in [0.4, 0.5) is 17.1 Å². The fourth-order valence-corrected chi connectivity index (χ4v) is 4.52. The number of benzene rings is 2. The summed E-state index contributed by atoms with van der Waals surface area (Å²) in [4.78, 5) is 25.5. The number of aryl methyl sites for hydroxylation is 1. The molecule has 0 saturated carbocycles. The Kier molecular flexibility index (Phi) is 7.98.